The molecule has 142 valence electrons. The first-order valence-corrected chi connectivity index (χ1v) is 10.1. The van der Waals surface area contributed by atoms with Crippen LogP contribution in [0.1, 0.15) is 27.6 Å². The van der Waals surface area contributed by atoms with Gasteiger partial charge in [0, 0.05) is 17.0 Å². The SMILES string of the molecule is CC[S@@](=O)c1ccccc1C(=O)Oc1ccc(NC(=O)c2ccccc2)cc1. The van der Waals surface area contributed by atoms with E-state index in [1.807, 2.05) is 6.07 Å². The summed E-state index contributed by atoms with van der Waals surface area (Å²) in [5.74, 6) is -0.0420. The molecule has 0 aliphatic heterocycles. The van der Waals surface area contributed by atoms with Crippen molar-refractivity contribution in [2.75, 3.05) is 11.1 Å². The monoisotopic (exact) mass is 393 g/mol. The lowest BCUT2D eigenvalue weighted by Crippen LogP contribution is -2.13. The molecule has 0 fully saturated rings. The van der Waals surface area contributed by atoms with Crippen LogP contribution in [-0.2, 0) is 10.8 Å². The molecule has 0 heterocycles. The molecule has 1 atom stereocenters. The summed E-state index contributed by atoms with van der Waals surface area (Å²) in [6.45, 7) is 1.79. The highest BCUT2D eigenvalue weighted by atomic mass is 32.2. The average Bonchev–Trinajstić information content (AvgIpc) is 2.75. The van der Waals surface area contributed by atoms with E-state index in [0.717, 1.165) is 0 Å². The topological polar surface area (TPSA) is 72.5 Å². The standard InChI is InChI=1S/C22H19NO4S/c1-2-28(26)20-11-7-6-10-19(20)22(25)27-18-14-12-17(13-15-18)23-21(24)16-8-4-3-5-9-16/h3-15H,2H2,1H3,(H,23,24)/t28-/m1/s1. The Bertz CT molecular complexity index is 1000. The van der Waals surface area contributed by atoms with Crippen LogP contribution in [-0.4, -0.2) is 21.8 Å². The Morgan fingerprint density at radius 1 is 0.893 bits per heavy atom. The molecule has 0 unspecified atom stereocenters. The largest absolute Gasteiger partial charge is 0.423 e. The molecule has 1 amide bonds. The van der Waals surface area contributed by atoms with Gasteiger partial charge in [-0.1, -0.05) is 37.3 Å². The van der Waals surface area contributed by atoms with Gasteiger partial charge in [-0.05, 0) is 48.5 Å². The number of benzene rings is 3. The Morgan fingerprint density at radius 3 is 2.21 bits per heavy atom. The lowest BCUT2D eigenvalue weighted by Gasteiger charge is -2.09. The van der Waals surface area contributed by atoms with Crippen molar-refractivity contribution < 1.29 is 18.5 Å². The molecule has 3 aromatic rings. The van der Waals surface area contributed by atoms with Crippen LogP contribution >= 0.6 is 0 Å². The van der Waals surface area contributed by atoms with Gasteiger partial charge in [0.1, 0.15) is 5.75 Å². The summed E-state index contributed by atoms with van der Waals surface area (Å²) in [6.07, 6.45) is 0. The first kappa shape index (κ1) is 19.5. The maximum absolute atomic E-state index is 12.5. The van der Waals surface area contributed by atoms with Gasteiger partial charge in [-0.15, -0.1) is 0 Å². The van der Waals surface area contributed by atoms with Crippen molar-refractivity contribution in [1.29, 1.82) is 0 Å². The minimum absolute atomic E-state index is 0.221. The van der Waals surface area contributed by atoms with E-state index >= 15 is 0 Å². The fraction of sp³-hybridized carbons (Fsp3) is 0.0909. The van der Waals surface area contributed by atoms with Crippen LogP contribution in [0.15, 0.2) is 83.8 Å². The predicted octanol–water partition coefficient (Wildman–Crippen LogP) is 4.29. The Balaban J connectivity index is 1.69. The van der Waals surface area contributed by atoms with E-state index in [0.29, 0.717) is 27.6 Å². The molecule has 1 N–H and O–H groups in total. The van der Waals surface area contributed by atoms with Gasteiger partial charge < -0.3 is 10.1 Å². The summed E-state index contributed by atoms with van der Waals surface area (Å²) in [4.78, 5) is 25.1. The van der Waals surface area contributed by atoms with Crippen molar-refractivity contribution in [1.82, 2.24) is 0 Å². The molecule has 6 heteroatoms. The smallest absolute Gasteiger partial charge is 0.344 e. The lowest BCUT2D eigenvalue weighted by molar-refractivity contribution is 0.0730. The number of carbonyl (C=O) groups is 2. The zero-order chi connectivity index (χ0) is 19.9. The van der Waals surface area contributed by atoms with Gasteiger partial charge in [0.15, 0.2) is 0 Å². The van der Waals surface area contributed by atoms with Crippen molar-refractivity contribution in [3.63, 3.8) is 0 Å². The second-order valence-electron chi connectivity index (χ2n) is 5.86. The summed E-state index contributed by atoms with van der Waals surface area (Å²) in [5, 5.41) is 2.78. The molecular formula is C22H19NO4S. The molecule has 0 aromatic heterocycles. The zero-order valence-electron chi connectivity index (χ0n) is 15.3. The summed E-state index contributed by atoms with van der Waals surface area (Å²) in [7, 11) is -1.26. The molecule has 0 aliphatic rings. The summed E-state index contributed by atoms with van der Waals surface area (Å²) < 4.78 is 17.5. The molecule has 0 saturated heterocycles. The Kier molecular flexibility index (Phi) is 6.34. The molecule has 3 aromatic carbocycles. The lowest BCUT2D eigenvalue weighted by atomic mass is 10.2. The van der Waals surface area contributed by atoms with Crippen LogP contribution in [0.2, 0.25) is 0 Å². The minimum Gasteiger partial charge on any atom is -0.423 e. The van der Waals surface area contributed by atoms with E-state index in [9.17, 15) is 13.8 Å². The van der Waals surface area contributed by atoms with E-state index in [-0.39, 0.29) is 11.5 Å². The number of hydrogen-bond donors (Lipinski definition) is 1. The third-order valence-electron chi connectivity index (χ3n) is 3.97. The van der Waals surface area contributed by atoms with Gasteiger partial charge in [-0.2, -0.15) is 0 Å². The first-order chi connectivity index (χ1) is 13.6. The Morgan fingerprint density at radius 2 is 1.54 bits per heavy atom. The van der Waals surface area contributed by atoms with Crippen LogP contribution in [0.5, 0.6) is 5.75 Å². The summed E-state index contributed by atoms with van der Waals surface area (Å²) in [6, 6.07) is 22.1. The molecule has 0 radical (unpaired) electrons. The normalized spacial score (nSPS) is 11.5. The number of nitrogens with one attached hydrogen (secondary N) is 1. The van der Waals surface area contributed by atoms with Crippen LogP contribution in [0.25, 0.3) is 0 Å². The van der Waals surface area contributed by atoms with Crippen molar-refractivity contribution in [3.05, 3.63) is 90.0 Å². The summed E-state index contributed by atoms with van der Waals surface area (Å²) in [5.41, 5.74) is 1.42. The number of amides is 1. The number of anilines is 1. The summed E-state index contributed by atoms with van der Waals surface area (Å²) >= 11 is 0. The van der Waals surface area contributed by atoms with Gasteiger partial charge >= 0.3 is 5.97 Å². The van der Waals surface area contributed by atoms with Crippen molar-refractivity contribution in [2.24, 2.45) is 0 Å². The zero-order valence-corrected chi connectivity index (χ0v) is 16.1. The fourth-order valence-corrected chi connectivity index (χ4v) is 3.49. The van der Waals surface area contributed by atoms with Crippen molar-refractivity contribution in [2.45, 2.75) is 11.8 Å². The highest BCUT2D eigenvalue weighted by molar-refractivity contribution is 7.85. The third kappa shape index (κ3) is 4.72. The van der Waals surface area contributed by atoms with Gasteiger partial charge in [0.2, 0.25) is 0 Å². The molecule has 0 aliphatic carbocycles. The average molecular weight is 393 g/mol. The molecule has 5 nitrogen and oxygen atoms in total. The van der Waals surface area contributed by atoms with Crippen molar-refractivity contribution >= 4 is 28.4 Å². The van der Waals surface area contributed by atoms with Crippen molar-refractivity contribution in [3.8, 4) is 5.75 Å². The Labute approximate surface area is 165 Å². The van der Waals surface area contributed by atoms with Gasteiger partial charge in [-0.25, -0.2) is 4.79 Å². The van der Waals surface area contributed by atoms with Gasteiger partial charge in [0.05, 0.1) is 21.3 Å². The maximum Gasteiger partial charge on any atom is 0.344 e. The fourth-order valence-electron chi connectivity index (χ4n) is 2.55. The number of esters is 1. The van der Waals surface area contributed by atoms with E-state index in [2.05, 4.69) is 5.32 Å². The number of rotatable bonds is 6. The Hall–Kier alpha value is -3.25. The number of ether oxygens (including phenoxy) is 1. The van der Waals surface area contributed by atoms with E-state index in [1.54, 1.807) is 79.7 Å². The second-order valence-corrected chi connectivity index (χ2v) is 7.57. The van der Waals surface area contributed by atoms with Gasteiger partial charge in [0.25, 0.3) is 5.91 Å². The molecule has 0 spiro atoms. The molecule has 0 saturated carbocycles. The van der Waals surface area contributed by atoms with Gasteiger partial charge in [-0.3, -0.25) is 9.00 Å². The predicted molar refractivity (Wildman–Crippen MR) is 109 cm³/mol. The van der Waals surface area contributed by atoms with E-state index in [4.69, 9.17) is 4.74 Å². The second kappa shape index (κ2) is 9.10. The highest BCUT2D eigenvalue weighted by Gasteiger charge is 2.16. The van der Waals surface area contributed by atoms with Crippen LogP contribution in [0, 0.1) is 0 Å². The maximum atomic E-state index is 12.5. The first-order valence-electron chi connectivity index (χ1n) is 8.74. The van der Waals surface area contributed by atoms with Crippen LogP contribution in [0.3, 0.4) is 0 Å². The number of hydrogen-bond acceptors (Lipinski definition) is 4. The number of carbonyl (C=O) groups excluding carboxylic acids is 2. The highest BCUT2D eigenvalue weighted by Crippen LogP contribution is 2.20. The van der Waals surface area contributed by atoms with E-state index < -0.39 is 16.8 Å². The van der Waals surface area contributed by atoms with E-state index in [1.165, 1.54) is 0 Å². The minimum atomic E-state index is -1.26. The third-order valence-corrected chi connectivity index (χ3v) is 5.34. The van der Waals surface area contributed by atoms with Crippen LogP contribution < -0.4 is 10.1 Å². The molecule has 0 bridgehead atoms. The molecule has 3 rings (SSSR count). The van der Waals surface area contributed by atoms with Crippen LogP contribution in [0.4, 0.5) is 5.69 Å². The quantitative estimate of drug-likeness (QED) is 0.501. The molecular weight excluding hydrogens is 374 g/mol. The molecule has 28 heavy (non-hydrogen) atoms.